The molecule has 0 aromatic carbocycles. The van der Waals surface area contributed by atoms with Crippen LogP contribution in [-0.2, 0) is 13.6 Å². The van der Waals surface area contributed by atoms with E-state index in [1.54, 1.807) is 14.2 Å². The van der Waals surface area contributed by atoms with Crippen LogP contribution in [0.5, 0.6) is 0 Å². The van der Waals surface area contributed by atoms with E-state index < -0.39 is 9.28 Å². The molecule has 4 heteroatoms. The first-order valence-corrected chi connectivity index (χ1v) is 5.25. The zero-order valence-corrected chi connectivity index (χ0v) is 7.82. The van der Waals surface area contributed by atoms with Gasteiger partial charge in [-0.15, -0.1) is 0 Å². The number of epoxide rings is 1. The molecular formula is C6H14O3Si. The van der Waals surface area contributed by atoms with E-state index in [9.17, 15) is 0 Å². The maximum absolute atomic E-state index is 5.23. The summed E-state index contributed by atoms with van der Waals surface area (Å²) in [5.74, 6) is 0. The molecule has 2 atom stereocenters. The van der Waals surface area contributed by atoms with Gasteiger partial charge in [0.15, 0.2) is 0 Å². The molecule has 1 fully saturated rings. The zero-order valence-electron chi connectivity index (χ0n) is 6.66. The van der Waals surface area contributed by atoms with Gasteiger partial charge in [-0.25, -0.2) is 0 Å². The van der Waals surface area contributed by atoms with Crippen molar-refractivity contribution in [1.82, 2.24) is 0 Å². The molecule has 1 rings (SSSR count). The third-order valence-electron chi connectivity index (χ3n) is 1.79. The number of ether oxygens (including phenoxy) is 1. The number of hydrogen-bond acceptors (Lipinski definition) is 3. The molecule has 0 bridgehead atoms. The van der Waals surface area contributed by atoms with Crippen molar-refractivity contribution in [3.63, 3.8) is 0 Å². The summed E-state index contributed by atoms with van der Waals surface area (Å²) in [6.45, 7) is 2.07. The maximum Gasteiger partial charge on any atom is 0.323 e. The summed E-state index contributed by atoms with van der Waals surface area (Å²) in [7, 11) is 2.05. The van der Waals surface area contributed by atoms with Gasteiger partial charge < -0.3 is 13.6 Å². The van der Waals surface area contributed by atoms with Crippen LogP contribution >= 0.6 is 0 Å². The Kier molecular flexibility index (Phi) is 2.85. The van der Waals surface area contributed by atoms with Crippen molar-refractivity contribution in [2.75, 3.05) is 14.2 Å². The minimum Gasteiger partial charge on any atom is -0.400 e. The maximum atomic E-state index is 5.23. The van der Waals surface area contributed by atoms with Crippen LogP contribution < -0.4 is 0 Å². The summed E-state index contributed by atoms with van der Waals surface area (Å²) in [6, 6.07) is 0.980. The Bertz CT molecular complexity index is 105. The molecular weight excluding hydrogens is 148 g/mol. The van der Waals surface area contributed by atoms with E-state index in [-0.39, 0.29) is 0 Å². The van der Waals surface area contributed by atoms with Crippen LogP contribution in [-0.4, -0.2) is 35.7 Å². The van der Waals surface area contributed by atoms with E-state index in [0.29, 0.717) is 12.2 Å². The Morgan fingerprint density at radius 3 is 2.20 bits per heavy atom. The molecule has 1 aliphatic heterocycles. The fourth-order valence-corrected chi connectivity index (χ4v) is 2.41. The summed E-state index contributed by atoms with van der Waals surface area (Å²) in [5.41, 5.74) is 0. The number of rotatable bonds is 4. The minimum atomic E-state index is -1.35. The van der Waals surface area contributed by atoms with Gasteiger partial charge in [0.1, 0.15) is 0 Å². The van der Waals surface area contributed by atoms with Crippen LogP contribution in [0, 0.1) is 0 Å². The molecule has 2 unspecified atom stereocenters. The van der Waals surface area contributed by atoms with Crippen LogP contribution in [0.15, 0.2) is 0 Å². The first-order chi connectivity index (χ1) is 4.77. The van der Waals surface area contributed by atoms with Crippen LogP contribution in [0.4, 0.5) is 0 Å². The minimum absolute atomic E-state index is 0.413. The molecule has 60 valence electrons. The molecule has 0 N–H and O–H groups in total. The Morgan fingerprint density at radius 1 is 1.40 bits per heavy atom. The smallest absolute Gasteiger partial charge is 0.323 e. The second kappa shape index (κ2) is 3.48. The molecule has 1 saturated heterocycles. The van der Waals surface area contributed by atoms with Crippen LogP contribution in [0.2, 0.25) is 6.04 Å². The number of hydrogen-bond donors (Lipinski definition) is 0. The van der Waals surface area contributed by atoms with E-state index in [1.807, 2.05) is 0 Å². The molecule has 0 aromatic rings. The van der Waals surface area contributed by atoms with E-state index in [1.165, 1.54) is 0 Å². The second-order valence-corrected chi connectivity index (χ2v) is 4.79. The van der Waals surface area contributed by atoms with Crippen molar-refractivity contribution in [3.05, 3.63) is 0 Å². The summed E-state index contributed by atoms with van der Waals surface area (Å²) in [4.78, 5) is 0. The van der Waals surface area contributed by atoms with E-state index in [0.717, 1.165) is 6.04 Å². The van der Waals surface area contributed by atoms with Crippen molar-refractivity contribution >= 4 is 9.28 Å². The molecule has 0 radical (unpaired) electrons. The Labute approximate surface area is 63.1 Å². The highest BCUT2D eigenvalue weighted by Gasteiger charge is 2.37. The van der Waals surface area contributed by atoms with Crippen LogP contribution in [0.25, 0.3) is 0 Å². The molecule has 0 amide bonds. The summed E-state index contributed by atoms with van der Waals surface area (Å²) in [5, 5.41) is 0. The predicted molar refractivity (Wildman–Crippen MR) is 40.3 cm³/mol. The van der Waals surface area contributed by atoms with Gasteiger partial charge >= 0.3 is 9.28 Å². The Hall–Kier alpha value is 0.0969. The summed E-state index contributed by atoms with van der Waals surface area (Å²) < 4.78 is 15.5. The first-order valence-electron chi connectivity index (χ1n) is 3.49. The SMILES string of the molecule is CO[SiH](CC1OC1C)OC. The normalized spacial score (nSPS) is 31.2. The molecule has 1 aliphatic rings. The highest BCUT2D eigenvalue weighted by Crippen LogP contribution is 2.26. The molecule has 0 aliphatic carbocycles. The van der Waals surface area contributed by atoms with Crippen LogP contribution in [0.1, 0.15) is 6.92 Å². The van der Waals surface area contributed by atoms with Gasteiger partial charge in [0, 0.05) is 20.3 Å². The van der Waals surface area contributed by atoms with Gasteiger partial charge in [0.25, 0.3) is 0 Å². The van der Waals surface area contributed by atoms with Gasteiger partial charge in [-0.2, -0.15) is 0 Å². The van der Waals surface area contributed by atoms with E-state index in [2.05, 4.69) is 6.92 Å². The van der Waals surface area contributed by atoms with Crippen molar-refractivity contribution in [1.29, 1.82) is 0 Å². The topological polar surface area (TPSA) is 31.0 Å². The molecule has 1 heterocycles. The third kappa shape index (κ3) is 2.05. The fraction of sp³-hybridized carbons (Fsp3) is 1.00. The highest BCUT2D eigenvalue weighted by molar-refractivity contribution is 6.44. The fourth-order valence-electron chi connectivity index (χ4n) is 0.956. The van der Waals surface area contributed by atoms with Gasteiger partial charge in [-0.05, 0) is 6.92 Å². The third-order valence-corrected chi connectivity index (χ3v) is 3.69. The largest absolute Gasteiger partial charge is 0.400 e. The van der Waals surface area contributed by atoms with E-state index >= 15 is 0 Å². The molecule has 3 nitrogen and oxygen atoms in total. The van der Waals surface area contributed by atoms with Crippen molar-refractivity contribution in [3.8, 4) is 0 Å². The van der Waals surface area contributed by atoms with Gasteiger partial charge in [0.2, 0.25) is 0 Å². The lowest BCUT2D eigenvalue weighted by atomic mass is 10.4. The quantitative estimate of drug-likeness (QED) is 0.440. The average molecular weight is 162 g/mol. The van der Waals surface area contributed by atoms with Crippen LogP contribution in [0.3, 0.4) is 0 Å². The average Bonchev–Trinajstić information content (AvgIpc) is 2.62. The molecule has 0 saturated carbocycles. The Balaban J connectivity index is 2.10. The van der Waals surface area contributed by atoms with Crippen molar-refractivity contribution in [2.45, 2.75) is 25.2 Å². The lowest BCUT2D eigenvalue weighted by molar-refractivity contribution is 0.271. The standard InChI is InChI=1S/C6H14O3Si/c1-5-6(9-5)4-10(7-2)8-3/h5-6,10H,4H2,1-3H3. The molecule has 0 spiro atoms. The lowest BCUT2D eigenvalue weighted by Gasteiger charge is -2.07. The summed E-state index contributed by atoms with van der Waals surface area (Å²) in [6.07, 6.45) is 0.844. The lowest BCUT2D eigenvalue weighted by Crippen LogP contribution is -2.21. The van der Waals surface area contributed by atoms with E-state index in [4.69, 9.17) is 13.6 Å². The van der Waals surface area contributed by atoms with Gasteiger partial charge in [0.05, 0.1) is 12.2 Å². The monoisotopic (exact) mass is 162 g/mol. The van der Waals surface area contributed by atoms with Crippen molar-refractivity contribution < 1.29 is 13.6 Å². The van der Waals surface area contributed by atoms with Gasteiger partial charge in [-0.1, -0.05) is 0 Å². The highest BCUT2D eigenvalue weighted by atomic mass is 28.3. The Morgan fingerprint density at radius 2 is 1.90 bits per heavy atom. The van der Waals surface area contributed by atoms with Crippen molar-refractivity contribution in [2.24, 2.45) is 0 Å². The summed E-state index contributed by atoms with van der Waals surface area (Å²) >= 11 is 0. The molecule has 10 heavy (non-hydrogen) atoms. The molecule has 0 aromatic heterocycles. The first kappa shape index (κ1) is 8.20. The zero-order chi connectivity index (χ0) is 7.56. The predicted octanol–water partition coefficient (Wildman–Crippen LogP) is 0.287. The second-order valence-electron chi connectivity index (χ2n) is 2.52. The van der Waals surface area contributed by atoms with Gasteiger partial charge in [-0.3, -0.25) is 0 Å².